The SMILES string of the molecule is CCCCC[CH]([Zn])CC.OP(O)(O)=S.OP(O)(O)=S. The Morgan fingerprint density at radius 1 is 0.895 bits per heavy atom. The number of rotatable bonds is 5. The Morgan fingerprint density at radius 3 is 1.42 bits per heavy atom. The second-order valence-electron chi connectivity index (χ2n) is 3.80. The Labute approximate surface area is 135 Å². The molecule has 0 saturated carbocycles. The summed E-state index contributed by atoms with van der Waals surface area (Å²) in [5, 5.41) is 0. The van der Waals surface area contributed by atoms with E-state index in [1.54, 1.807) is 0 Å². The van der Waals surface area contributed by atoms with Crippen LogP contribution in [0.2, 0.25) is 4.51 Å². The largest absolute Gasteiger partial charge is 0.325 e. The van der Waals surface area contributed by atoms with Crippen LogP contribution < -0.4 is 0 Å². The third-order valence-electron chi connectivity index (χ3n) is 1.79. The van der Waals surface area contributed by atoms with E-state index < -0.39 is 13.4 Å². The smallest absolute Gasteiger partial charge is 0.319 e. The van der Waals surface area contributed by atoms with E-state index in [1.165, 1.54) is 50.4 Å². The zero-order valence-corrected chi connectivity index (χ0v) is 17.6. The number of unbranched alkanes of at least 4 members (excludes halogenated alkanes) is 2. The van der Waals surface area contributed by atoms with Crippen LogP contribution in [0.4, 0.5) is 0 Å². The van der Waals surface area contributed by atoms with Gasteiger partial charge in [0.1, 0.15) is 0 Å². The Hall–Kier alpha value is 1.68. The van der Waals surface area contributed by atoms with Crippen molar-refractivity contribution in [2.24, 2.45) is 0 Å². The maximum Gasteiger partial charge on any atom is 0.319 e. The molecule has 0 aromatic heterocycles. The summed E-state index contributed by atoms with van der Waals surface area (Å²) in [5.74, 6) is 0. The fourth-order valence-corrected chi connectivity index (χ4v) is 1.49. The first kappa shape index (κ1) is 25.6. The van der Waals surface area contributed by atoms with Gasteiger partial charge < -0.3 is 29.4 Å². The first-order chi connectivity index (χ1) is 8.31. The first-order valence-corrected chi connectivity index (χ1v) is 12.7. The van der Waals surface area contributed by atoms with Crippen molar-refractivity contribution < 1.29 is 47.7 Å². The molecule has 6 N–H and O–H groups in total. The van der Waals surface area contributed by atoms with Crippen LogP contribution in [-0.4, -0.2) is 29.4 Å². The van der Waals surface area contributed by atoms with Crippen molar-refractivity contribution in [3.05, 3.63) is 0 Å². The van der Waals surface area contributed by atoms with E-state index in [4.69, 9.17) is 29.4 Å². The zero-order valence-electron chi connectivity index (χ0n) is 11.2. The summed E-state index contributed by atoms with van der Waals surface area (Å²) in [6.45, 7) is -3.03. The predicted molar refractivity (Wildman–Crippen MR) is 80.1 cm³/mol. The molecular weight excluding hydrogens is 384 g/mol. The molecule has 0 rings (SSSR count). The molecule has 0 aromatic carbocycles. The van der Waals surface area contributed by atoms with Gasteiger partial charge in [0.2, 0.25) is 0 Å². The van der Waals surface area contributed by atoms with Gasteiger partial charge in [-0.3, -0.25) is 0 Å². The number of hydrogen-bond donors (Lipinski definition) is 6. The Balaban J connectivity index is -0.000000219. The van der Waals surface area contributed by atoms with Gasteiger partial charge in [-0.05, 0) is 23.6 Å². The second kappa shape index (κ2) is 14.6. The van der Waals surface area contributed by atoms with Gasteiger partial charge in [0, 0.05) is 0 Å². The molecule has 0 radical (unpaired) electrons. The van der Waals surface area contributed by atoms with Crippen molar-refractivity contribution in [1.29, 1.82) is 0 Å². The molecule has 0 bridgehead atoms. The van der Waals surface area contributed by atoms with Gasteiger partial charge in [0.05, 0.1) is 0 Å². The van der Waals surface area contributed by atoms with Crippen LogP contribution >= 0.6 is 13.4 Å². The van der Waals surface area contributed by atoms with Crippen LogP contribution in [0, 0.1) is 0 Å². The Kier molecular flexibility index (Phi) is 19.7. The maximum absolute atomic E-state index is 7.56. The summed E-state index contributed by atoms with van der Waals surface area (Å²) >= 11 is 8.71. The van der Waals surface area contributed by atoms with Crippen LogP contribution in [0.15, 0.2) is 0 Å². The van der Waals surface area contributed by atoms with Crippen molar-refractivity contribution in [2.45, 2.75) is 50.5 Å². The molecule has 115 valence electrons. The summed E-state index contributed by atoms with van der Waals surface area (Å²) in [7, 11) is 0. The summed E-state index contributed by atoms with van der Waals surface area (Å²) < 4.78 is 1.08. The molecule has 1 unspecified atom stereocenters. The van der Waals surface area contributed by atoms with Crippen LogP contribution in [0.5, 0.6) is 0 Å². The number of hydrogen-bond acceptors (Lipinski definition) is 2. The summed E-state index contributed by atoms with van der Waals surface area (Å²) in [4.78, 5) is 45.3. The minimum atomic E-state index is -3.81. The third-order valence-corrected chi connectivity index (χ3v) is 3.86. The van der Waals surface area contributed by atoms with Crippen molar-refractivity contribution in [2.75, 3.05) is 0 Å². The van der Waals surface area contributed by atoms with Crippen molar-refractivity contribution >= 4 is 37.1 Å². The minimum absolute atomic E-state index is 1.08. The minimum Gasteiger partial charge on any atom is -0.325 e. The van der Waals surface area contributed by atoms with Gasteiger partial charge in [0.15, 0.2) is 0 Å². The van der Waals surface area contributed by atoms with Crippen LogP contribution in [0.1, 0.15) is 46.0 Å². The molecule has 0 amide bonds. The second-order valence-corrected chi connectivity index (χ2v) is 11.2. The van der Waals surface area contributed by atoms with Gasteiger partial charge in [-0.15, -0.1) is 0 Å². The van der Waals surface area contributed by atoms with Crippen LogP contribution in [-0.2, 0) is 41.9 Å². The van der Waals surface area contributed by atoms with E-state index in [2.05, 4.69) is 37.5 Å². The summed E-state index contributed by atoms with van der Waals surface area (Å²) in [5.41, 5.74) is 0. The van der Waals surface area contributed by atoms with Gasteiger partial charge >= 0.3 is 82.2 Å². The molecule has 6 nitrogen and oxygen atoms in total. The van der Waals surface area contributed by atoms with E-state index in [0.717, 1.165) is 4.51 Å². The van der Waals surface area contributed by atoms with Crippen molar-refractivity contribution in [1.82, 2.24) is 0 Å². The molecule has 0 aliphatic heterocycles. The standard InChI is InChI=1S/C8H17.2H3O3PS.Zn/c1-3-5-7-8-6-4-2;2*1-4(2,3)5;/h5H,3-4,6-8H2,1-2H3;2*(H3,1,2,3,5);. The van der Waals surface area contributed by atoms with Crippen LogP contribution in [0.3, 0.4) is 0 Å². The van der Waals surface area contributed by atoms with Gasteiger partial charge in [0.25, 0.3) is 0 Å². The predicted octanol–water partition coefficient (Wildman–Crippen LogP) is 1.69. The van der Waals surface area contributed by atoms with E-state index in [9.17, 15) is 0 Å². The molecule has 11 heteroatoms. The monoisotopic (exact) mass is 405 g/mol. The van der Waals surface area contributed by atoms with Crippen molar-refractivity contribution in [3.63, 3.8) is 0 Å². The van der Waals surface area contributed by atoms with Crippen LogP contribution in [0.25, 0.3) is 0 Å². The Morgan fingerprint density at radius 2 is 1.21 bits per heavy atom. The average Bonchev–Trinajstić information content (AvgIpc) is 2.12. The molecule has 0 aliphatic rings. The van der Waals surface area contributed by atoms with Gasteiger partial charge in [-0.2, -0.15) is 0 Å². The fraction of sp³-hybridized carbons (Fsp3) is 1.00. The fourth-order valence-electron chi connectivity index (χ4n) is 0.887. The topological polar surface area (TPSA) is 121 Å². The molecule has 0 aliphatic carbocycles. The Bertz CT molecular complexity index is 246. The maximum atomic E-state index is 7.56. The van der Waals surface area contributed by atoms with E-state index in [-0.39, 0.29) is 0 Å². The average molecular weight is 407 g/mol. The van der Waals surface area contributed by atoms with Crippen molar-refractivity contribution in [3.8, 4) is 0 Å². The van der Waals surface area contributed by atoms with E-state index >= 15 is 0 Å². The van der Waals surface area contributed by atoms with Gasteiger partial charge in [-0.25, -0.2) is 0 Å². The van der Waals surface area contributed by atoms with E-state index in [1.807, 2.05) is 0 Å². The quantitative estimate of drug-likeness (QED) is 0.232. The third kappa shape index (κ3) is 81.6. The molecule has 0 saturated heterocycles. The zero-order chi connectivity index (χ0) is 16.1. The molecule has 0 heterocycles. The first-order valence-electron chi connectivity index (χ1n) is 5.70. The molecule has 19 heavy (non-hydrogen) atoms. The summed E-state index contributed by atoms with van der Waals surface area (Å²) in [6.07, 6.45) is 7.18. The molecule has 0 aromatic rings. The van der Waals surface area contributed by atoms with Gasteiger partial charge in [-0.1, -0.05) is 0 Å². The summed E-state index contributed by atoms with van der Waals surface area (Å²) in [6, 6.07) is 0. The molecular formula is C8H23O6P2S2Zn. The normalized spacial score (nSPS) is 12.7. The molecule has 1 atom stereocenters. The molecule has 0 spiro atoms. The van der Waals surface area contributed by atoms with E-state index in [0.29, 0.717) is 0 Å². The molecule has 0 fully saturated rings.